The van der Waals surface area contributed by atoms with E-state index in [2.05, 4.69) is 42.1 Å². The Labute approximate surface area is 237 Å². The number of benzene rings is 2. The Morgan fingerprint density at radius 2 is 0.643 bits per heavy atom. The van der Waals surface area contributed by atoms with Crippen molar-refractivity contribution in [2.75, 3.05) is 13.6 Å². The van der Waals surface area contributed by atoms with Crippen LogP contribution in [0.25, 0.3) is 0 Å². The number of hydrogen-bond donors (Lipinski definition) is 4. The van der Waals surface area contributed by atoms with Crippen LogP contribution in [0.3, 0.4) is 0 Å². The number of rotatable bonds is 0. The van der Waals surface area contributed by atoms with Crippen molar-refractivity contribution < 1.29 is 38.1 Å². The second-order valence-corrected chi connectivity index (χ2v) is 8.86. The van der Waals surface area contributed by atoms with Gasteiger partial charge in [0.15, 0.2) is 24.4 Å². The zero-order valence-electron chi connectivity index (χ0n) is 21.7. The molecule has 4 amide bonds. The van der Waals surface area contributed by atoms with Crippen molar-refractivity contribution >= 4 is 48.5 Å². The highest BCUT2D eigenvalue weighted by Gasteiger charge is 2.41. The molecule has 6 aliphatic rings. The van der Waals surface area contributed by atoms with Gasteiger partial charge in [-0.05, 0) is 22.3 Å². The minimum atomic E-state index is -1.23. The second-order valence-electron chi connectivity index (χ2n) is 8.86. The van der Waals surface area contributed by atoms with Crippen molar-refractivity contribution in [2.45, 2.75) is 24.4 Å². The summed E-state index contributed by atoms with van der Waals surface area (Å²) in [5.41, 5.74) is 11.9. The van der Waals surface area contributed by atoms with Crippen LogP contribution in [0.15, 0.2) is 68.9 Å². The Balaban J connectivity index is 1.32. The molecule has 2 aromatic rings. The normalized spacial score (nSPS) is 28.2. The van der Waals surface area contributed by atoms with E-state index < -0.39 is 48.0 Å². The first-order valence-electron chi connectivity index (χ1n) is 12.5. The first-order valence-corrected chi connectivity index (χ1v) is 12.5. The number of nitrogens with one attached hydrogen (secondary N) is 4. The number of hydrogen-bond acceptors (Lipinski definition) is 12. The summed E-state index contributed by atoms with van der Waals surface area (Å²) in [6.07, 6.45) is 0.653. The van der Waals surface area contributed by atoms with Gasteiger partial charge in [0.1, 0.15) is 13.6 Å². The number of amides is 4. The summed E-state index contributed by atoms with van der Waals surface area (Å²) in [6.45, 7) is -0.504. The van der Waals surface area contributed by atoms with Gasteiger partial charge in [0.2, 0.25) is 0 Å². The molecule has 0 saturated carbocycles. The van der Waals surface area contributed by atoms with E-state index in [1.807, 2.05) is 0 Å². The Morgan fingerprint density at radius 1 is 0.429 bits per heavy atom. The lowest BCUT2D eigenvalue weighted by atomic mass is 10.1. The molecule has 16 nitrogen and oxygen atoms in total. The van der Waals surface area contributed by atoms with Gasteiger partial charge in [-0.1, -0.05) is 48.5 Å². The topological polar surface area (TPSA) is 203 Å². The van der Waals surface area contributed by atoms with E-state index in [1.165, 1.54) is 24.9 Å². The zero-order valence-corrected chi connectivity index (χ0v) is 21.7. The lowest BCUT2D eigenvalue weighted by molar-refractivity contribution is -0.137. The molecule has 6 heterocycles. The van der Waals surface area contributed by atoms with Crippen LogP contribution in [0, 0.1) is 0 Å². The minimum Gasteiger partial charge on any atom is -0.339 e. The summed E-state index contributed by atoms with van der Waals surface area (Å²) < 4.78 is 21.0. The van der Waals surface area contributed by atoms with Crippen molar-refractivity contribution in [3.05, 3.63) is 70.8 Å². The highest BCUT2D eigenvalue weighted by Crippen LogP contribution is 2.15. The standard InChI is InChI=1S/C26H24N8O8/c35-23-19-20(40-13-39-19)25(37)33-29-11-17-5-7-18(8-6-17)12-30-34-26(38)22-21(41-14-42-22)24(36)32-28-10-16-2-1-15(3-4-16)9-27-31-23/h1-12,19-22H,13-14H2,(H,31,35)(H,32,36)(H,33,37)(H,34,38)/b27-9+,28-10+,29-11+,30-12+/t19-,20-,21-,22-/m1/s1. The highest BCUT2D eigenvalue weighted by atomic mass is 16.7. The third kappa shape index (κ3) is 7.12. The minimum absolute atomic E-state index is 0.252. The van der Waals surface area contributed by atoms with Gasteiger partial charge in [0.05, 0.1) is 24.9 Å². The Bertz CT molecular complexity index is 1230. The molecule has 0 spiro atoms. The quantitative estimate of drug-likeness (QED) is 0.296. The van der Waals surface area contributed by atoms with Crippen molar-refractivity contribution in [1.82, 2.24) is 21.7 Å². The third-order valence-corrected chi connectivity index (χ3v) is 6.00. The van der Waals surface area contributed by atoms with Crippen LogP contribution in [-0.2, 0) is 38.1 Å². The highest BCUT2D eigenvalue weighted by molar-refractivity contribution is 5.94. The monoisotopic (exact) mass is 576 g/mol. The lowest BCUT2D eigenvalue weighted by Gasteiger charge is -2.13. The summed E-state index contributed by atoms with van der Waals surface area (Å²) in [6, 6.07) is 13.5. The summed E-state index contributed by atoms with van der Waals surface area (Å²) in [5.74, 6) is -2.69. The van der Waals surface area contributed by atoms with Gasteiger partial charge in [0, 0.05) is 0 Å². The first-order chi connectivity index (χ1) is 20.5. The van der Waals surface area contributed by atoms with Crippen LogP contribution in [0.2, 0.25) is 0 Å². The molecule has 4 N–H and O–H groups in total. The molecular formula is C26H24N8O8. The van der Waals surface area contributed by atoms with Crippen LogP contribution in [0.4, 0.5) is 0 Å². The number of carbonyl (C=O) groups is 4. The van der Waals surface area contributed by atoms with E-state index in [-0.39, 0.29) is 13.6 Å². The molecule has 216 valence electrons. The predicted molar refractivity (Wildman–Crippen MR) is 145 cm³/mol. The smallest absolute Gasteiger partial charge is 0.272 e. The molecule has 2 fully saturated rings. The molecule has 2 saturated heterocycles. The molecule has 0 unspecified atom stereocenters. The molecule has 0 aromatic heterocycles. The summed E-state index contributed by atoms with van der Waals surface area (Å²) in [5, 5.41) is 15.6. The van der Waals surface area contributed by atoms with Crippen LogP contribution < -0.4 is 21.7 Å². The van der Waals surface area contributed by atoms with Crippen molar-refractivity contribution in [1.29, 1.82) is 0 Å². The number of hydrazone groups is 4. The SMILES string of the molecule is O=C1N/N=C/c2ccc(cc2)/C=N/NC(=O)[C@@H]2OCO[C@H]2C(=O)N/N=C/c2ccc(cc2)/C=N/NC(=O)[C@@H]2OCO[C@@H]12. The van der Waals surface area contributed by atoms with Gasteiger partial charge >= 0.3 is 0 Å². The molecular weight excluding hydrogens is 552 g/mol. The molecule has 2 aromatic carbocycles. The average Bonchev–Trinajstić information content (AvgIpc) is 3.69. The van der Waals surface area contributed by atoms with Crippen LogP contribution in [-0.4, -0.2) is 86.5 Å². The molecule has 6 aliphatic heterocycles. The molecule has 42 heavy (non-hydrogen) atoms. The van der Waals surface area contributed by atoms with Crippen molar-refractivity contribution in [3.63, 3.8) is 0 Å². The van der Waals surface area contributed by atoms with Gasteiger partial charge in [-0.3, -0.25) is 19.2 Å². The lowest BCUT2D eigenvalue weighted by Crippen LogP contribution is -2.45. The van der Waals surface area contributed by atoms with E-state index in [9.17, 15) is 19.2 Å². The molecule has 4 bridgehead atoms. The van der Waals surface area contributed by atoms with Gasteiger partial charge in [-0.25, -0.2) is 21.7 Å². The van der Waals surface area contributed by atoms with E-state index in [1.54, 1.807) is 48.5 Å². The first kappa shape index (κ1) is 28.4. The maximum atomic E-state index is 12.5. The Hall–Kier alpha value is -5.16. The van der Waals surface area contributed by atoms with Gasteiger partial charge in [0.25, 0.3) is 23.6 Å². The van der Waals surface area contributed by atoms with Crippen LogP contribution >= 0.6 is 0 Å². The van der Waals surface area contributed by atoms with E-state index >= 15 is 0 Å². The maximum Gasteiger partial charge on any atom is 0.272 e. The largest absolute Gasteiger partial charge is 0.339 e. The fraction of sp³-hybridized carbons (Fsp3) is 0.231. The van der Waals surface area contributed by atoms with Crippen molar-refractivity contribution in [2.24, 2.45) is 20.4 Å². The summed E-state index contributed by atoms with van der Waals surface area (Å²) in [7, 11) is 0. The number of nitrogens with zero attached hydrogens (tertiary/aromatic N) is 4. The fourth-order valence-corrected chi connectivity index (χ4v) is 3.85. The van der Waals surface area contributed by atoms with E-state index in [4.69, 9.17) is 18.9 Å². The van der Waals surface area contributed by atoms with Crippen molar-refractivity contribution in [3.8, 4) is 0 Å². The van der Waals surface area contributed by atoms with E-state index in [0.717, 1.165) is 0 Å². The predicted octanol–water partition coefficient (Wildman–Crippen LogP) is -1.32. The van der Waals surface area contributed by atoms with Gasteiger partial charge in [-0.2, -0.15) is 20.4 Å². The maximum absolute atomic E-state index is 12.5. The molecule has 8 rings (SSSR count). The fourth-order valence-electron chi connectivity index (χ4n) is 3.85. The molecule has 16 heteroatoms. The summed E-state index contributed by atoms with van der Waals surface area (Å²) in [4.78, 5) is 50.2. The van der Waals surface area contributed by atoms with Gasteiger partial charge in [-0.15, -0.1) is 0 Å². The zero-order chi connectivity index (χ0) is 29.3. The van der Waals surface area contributed by atoms with Crippen LogP contribution in [0.5, 0.6) is 0 Å². The summed E-state index contributed by atoms with van der Waals surface area (Å²) >= 11 is 0. The average molecular weight is 577 g/mol. The molecule has 0 aliphatic carbocycles. The number of carbonyl (C=O) groups excluding carboxylic acids is 4. The second kappa shape index (κ2) is 13.5. The third-order valence-electron chi connectivity index (χ3n) is 6.00. The molecule has 4 atom stereocenters. The Kier molecular flexibility index (Phi) is 9.10. The van der Waals surface area contributed by atoms with Gasteiger partial charge < -0.3 is 18.9 Å². The van der Waals surface area contributed by atoms with E-state index in [0.29, 0.717) is 22.3 Å². The number of ether oxygens (including phenoxy) is 4. The Morgan fingerprint density at radius 3 is 0.857 bits per heavy atom. The van der Waals surface area contributed by atoms with Crippen LogP contribution in [0.1, 0.15) is 22.3 Å². The molecule has 0 radical (unpaired) electrons.